The van der Waals surface area contributed by atoms with E-state index in [4.69, 9.17) is 14.2 Å². The molecule has 0 radical (unpaired) electrons. The summed E-state index contributed by atoms with van der Waals surface area (Å²) in [5, 5.41) is 0. The first-order valence-corrected chi connectivity index (χ1v) is 25.5. The van der Waals surface area contributed by atoms with Crippen molar-refractivity contribution in [3.8, 4) is 0 Å². The van der Waals surface area contributed by atoms with E-state index < -0.39 is 6.10 Å². The van der Waals surface area contributed by atoms with Gasteiger partial charge in [-0.2, -0.15) is 0 Å². The van der Waals surface area contributed by atoms with Crippen molar-refractivity contribution in [2.75, 3.05) is 13.2 Å². The zero-order chi connectivity index (χ0) is 43.0. The maximum absolute atomic E-state index is 12.8. The van der Waals surface area contributed by atoms with E-state index in [1.807, 2.05) is 0 Å². The fourth-order valence-electron chi connectivity index (χ4n) is 7.22. The number of esters is 3. The highest BCUT2D eigenvalue weighted by molar-refractivity contribution is 5.71. The van der Waals surface area contributed by atoms with Crippen LogP contribution in [0.3, 0.4) is 0 Å². The van der Waals surface area contributed by atoms with Crippen LogP contribution in [0.4, 0.5) is 0 Å². The number of allylic oxidation sites excluding steroid dienone is 6. The Hall–Kier alpha value is -2.37. The van der Waals surface area contributed by atoms with Crippen LogP contribution < -0.4 is 0 Å². The number of hydrogen-bond donors (Lipinski definition) is 0. The van der Waals surface area contributed by atoms with Crippen LogP contribution in [0.2, 0.25) is 0 Å². The topological polar surface area (TPSA) is 78.9 Å². The molecule has 0 bridgehead atoms. The van der Waals surface area contributed by atoms with Crippen LogP contribution in [0.1, 0.15) is 265 Å². The van der Waals surface area contributed by atoms with Crippen molar-refractivity contribution in [3.05, 3.63) is 36.5 Å². The molecule has 0 N–H and O–H groups in total. The van der Waals surface area contributed by atoms with Gasteiger partial charge >= 0.3 is 17.9 Å². The molecule has 0 aliphatic heterocycles. The minimum atomic E-state index is -0.778. The van der Waals surface area contributed by atoms with Crippen LogP contribution in [0.15, 0.2) is 36.5 Å². The maximum Gasteiger partial charge on any atom is 0.306 e. The van der Waals surface area contributed by atoms with Gasteiger partial charge in [0.15, 0.2) is 6.10 Å². The monoisotopic (exact) mass is 829 g/mol. The average Bonchev–Trinajstić information content (AvgIpc) is 3.23. The lowest BCUT2D eigenvalue weighted by Crippen LogP contribution is -2.30. The normalized spacial score (nSPS) is 12.3. The van der Waals surface area contributed by atoms with E-state index in [0.29, 0.717) is 19.3 Å². The van der Waals surface area contributed by atoms with Crippen LogP contribution in [-0.4, -0.2) is 37.2 Å². The highest BCUT2D eigenvalue weighted by Gasteiger charge is 2.19. The fourth-order valence-corrected chi connectivity index (χ4v) is 7.22. The molecular formula is C53H96O6. The SMILES string of the molecule is CCCC/C=C\C/C=C\CCCCCCCC(=O)O[C@@H](COC(=O)CCCCCCC/C=C\CCCCCCCC)COC(=O)CCCCCCCCCCCCCC. The Kier molecular flexibility index (Phi) is 46.4. The van der Waals surface area contributed by atoms with Crippen molar-refractivity contribution in [1.29, 1.82) is 0 Å². The van der Waals surface area contributed by atoms with Crippen LogP contribution in [0.25, 0.3) is 0 Å². The number of unbranched alkanes of at least 4 members (excludes halogenated alkanes) is 29. The van der Waals surface area contributed by atoms with Crippen molar-refractivity contribution in [2.24, 2.45) is 0 Å². The molecule has 0 aromatic heterocycles. The number of carbonyl (C=O) groups is 3. The highest BCUT2D eigenvalue weighted by atomic mass is 16.6. The van der Waals surface area contributed by atoms with Gasteiger partial charge < -0.3 is 14.2 Å². The van der Waals surface area contributed by atoms with Gasteiger partial charge in [0.05, 0.1) is 0 Å². The largest absolute Gasteiger partial charge is 0.462 e. The van der Waals surface area contributed by atoms with Crippen LogP contribution >= 0.6 is 0 Å². The summed E-state index contributed by atoms with van der Waals surface area (Å²) < 4.78 is 16.8. The summed E-state index contributed by atoms with van der Waals surface area (Å²) >= 11 is 0. The van der Waals surface area contributed by atoms with Crippen molar-refractivity contribution in [3.63, 3.8) is 0 Å². The first-order chi connectivity index (χ1) is 29.0. The predicted octanol–water partition coefficient (Wildman–Crippen LogP) is 16.5. The van der Waals surface area contributed by atoms with E-state index in [2.05, 4.69) is 57.2 Å². The van der Waals surface area contributed by atoms with Gasteiger partial charge in [-0.05, 0) is 70.6 Å². The Balaban J connectivity index is 4.39. The first-order valence-electron chi connectivity index (χ1n) is 25.5. The highest BCUT2D eigenvalue weighted by Crippen LogP contribution is 2.15. The van der Waals surface area contributed by atoms with Crippen LogP contribution in [0, 0.1) is 0 Å². The molecular weight excluding hydrogens is 733 g/mol. The molecule has 1 atom stereocenters. The van der Waals surface area contributed by atoms with E-state index >= 15 is 0 Å². The molecule has 6 heteroatoms. The van der Waals surface area contributed by atoms with E-state index in [-0.39, 0.29) is 31.1 Å². The molecule has 6 nitrogen and oxygen atoms in total. The number of carbonyl (C=O) groups excluding carboxylic acids is 3. The van der Waals surface area contributed by atoms with Gasteiger partial charge in [-0.25, -0.2) is 0 Å². The molecule has 344 valence electrons. The first kappa shape index (κ1) is 56.6. The summed E-state index contributed by atoms with van der Waals surface area (Å²) in [6.07, 6.45) is 55.5. The quantitative estimate of drug-likeness (QED) is 0.0263. The van der Waals surface area contributed by atoms with Gasteiger partial charge in [0.25, 0.3) is 0 Å². The Morgan fingerprint density at radius 2 is 0.627 bits per heavy atom. The molecule has 0 saturated carbocycles. The second-order valence-corrected chi connectivity index (χ2v) is 17.1. The summed E-state index contributed by atoms with van der Waals surface area (Å²) in [4.78, 5) is 37.9. The molecule has 0 aliphatic carbocycles. The summed E-state index contributed by atoms with van der Waals surface area (Å²) in [5.41, 5.74) is 0. The van der Waals surface area contributed by atoms with E-state index in [1.165, 1.54) is 135 Å². The second-order valence-electron chi connectivity index (χ2n) is 17.1. The van der Waals surface area contributed by atoms with E-state index in [9.17, 15) is 14.4 Å². The van der Waals surface area contributed by atoms with Gasteiger partial charge in [-0.3, -0.25) is 14.4 Å². The predicted molar refractivity (Wildman–Crippen MR) is 252 cm³/mol. The maximum atomic E-state index is 12.8. The number of rotatable bonds is 46. The van der Waals surface area contributed by atoms with Gasteiger partial charge in [0.2, 0.25) is 0 Å². The van der Waals surface area contributed by atoms with E-state index in [0.717, 1.165) is 89.9 Å². The zero-order valence-electron chi connectivity index (χ0n) is 39.3. The zero-order valence-corrected chi connectivity index (χ0v) is 39.3. The lowest BCUT2D eigenvalue weighted by atomic mass is 10.0. The van der Waals surface area contributed by atoms with Gasteiger partial charge in [-0.15, -0.1) is 0 Å². The van der Waals surface area contributed by atoms with Gasteiger partial charge in [0, 0.05) is 19.3 Å². The molecule has 0 fully saturated rings. The summed E-state index contributed by atoms with van der Waals surface area (Å²) in [6.45, 7) is 6.58. The van der Waals surface area contributed by atoms with Crippen molar-refractivity contribution < 1.29 is 28.6 Å². The molecule has 0 saturated heterocycles. The number of hydrogen-bond acceptors (Lipinski definition) is 6. The van der Waals surface area contributed by atoms with Crippen molar-refractivity contribution in [2.45, 2.75) is 271 Å². The van der Waals surface area contributed by atoms with Crippen LogP contribution in [0.5, 0.6) is 0 Å². The van der Waals surface area contributed by atoms with Crippen molar-refractivity contribution >= 4 is 17.9 Å². The number of ether oxygens (including phenoxy) is 3. The van der Waals surface area contributed by atoms with Crippen LogP contribution in [-0.2, 0) is 28.6 Å². The summed E-state index contributed by atoms with van der Waals surface area (Å²) in [6, 6.07) is 0. The molecule has 0 aliphatic rings. The second kappa shape index (κ2) is 48.3. The molecule has 59 heavy (non-hydrogen) atoms. The Morgan fingerprint density at radius 1 is 0.339 bits per heavy atom. The standard InChI is InChI=1S/C53H96O6/c1-4-7-10-13-16-19-22-25-27-29-31-34-37-40-43-46-52(55)58-49-50(48-57-51(54)45-42-39-36-33-30-24-21-18-15-12-9-6-3)59-53(56)47-44-41-38-35-32-28-26-23-20-17-14-11-8-5-2/h14,17,23,25-27,50H,4-13,15-16,18-22,24,28-49H2,1-3H3/b17-14-,26-23-,27-25-/t50-/m1/s1. The molecule has 0 aromatic rings. The lowest BCUT2D eigenvalue weighted by Gasteiger charge is -2.18. The Bertz CT molecular complexity index is 1000. The fraction of sp³-hybridized carbons (Fsp3) is 0.830. The molecule has 0 aromatic carbocycles. The Labute approximate surface area is 365 Å². The molecule has 0 amide bonds. The molecule has 0 heterocycles. The molecule has 0 rings (SSSR count). The average molecular weight is 829 g/mol. The summed E-state index contributed by atoms with van der Waals surface area (Å²) in [5.74, 6) is -0.893. The van der Waals surface area contributed by atoms with Gasteiger partial charge in [0.1, 0.15) is 13.2 Å². The lowest BCUT2D eigenvalue weighted by molar-refractivity contribution is -0.167. The minimum Gasteiger partial charge on any atom is -0.462 e. The third-order valence-corrected chi connectivity index (χ3v) is 11.1. The molecule has 0 unspecified atom stereocenters. The van der Waals surface area contributed by atoms with Gasteiger partial charge in [-0.1, -0.05) is 211 Å². The minimum absolute atomic E-state index is 0.0778. The smallest absolute Gasteiger partial charge is 0.306 e. The summed E-state index contributed by atoms with van der Waals surface area (Å²) in [7, 11) is 0. The van der Waals surface area contributed by atoms with E-state index in [1.54, 1.807) is 0 Å². The molecule has 0 spiro atoms. The Morgan fingerprint density at radius 3 is 1.00 bits per heavy atom. The third-order valence-electron chi connectivity index (χ3n) is 11.1. The third kappa shape index (κ3) is 46.5. The van der Waals surface area contributed by atoms with Crippen molar-refractivity contribution in [1.82, 2.24) is 0 Å².